The first-order chi connectivity index (χ1) is 15.3. The Labute approximate surface area is 192 Å². The Kier molecular flexibility index (Phi) is 8.21. The van der Waals surface area contributed by atoms with Gasteiger partial charge in [0.05, 0.1) is 4.90 Å². The number of benzene rings is 2. The fourth-order valence-corrected chi connectivity index (χ4v) is 4.41. The van der Waals surface area contributed by atoms with E-state index in [0.717, 1.165) is 11.1 Å². The number of carboxylic acids is 1. The molecule has 0 spiro atoms. The molecule has 7 nitrogen and oxygen atoms in total. The number of hydrogen-bond donors (Lipinski definition) is 2. The van der Waals surface area contributed by atoms with Crippen LogP contribution in [-0.2, 0) is 21.2 Å². The number of pyridine rings is 1. The molecule has 32 heavy (non-hydrogen) atoms. The summed E-state index contributed by atoms with van der Waals surface area (Å²) in [4.78, 5) is 15.0. The van der Waals surface area contributed by atoms with Gasteiger partial charge in [-0.1, -0.05) is 29.8 Å². The molecule has 1 aromatic heterocycles. The molecule has 2 N–H and O–H groups in total. The molecule has 2 aromatic carbocycles. The zero-order chi connectivity index (χ0) is 23.0. The lowest BCUT2D eigenvalue weighted by Gasteiger charge is -2.18. The Balaban J connectivity index is 1.70. The van der Waals surface area contributed by atoms with Crippen LogP contribution in [0.1, 0.15) is 23.5 Å². The van der Waals surface area contributed by atoms with Crippen molar-refractivity contribution < 1.29 is 23.1 Å². The zero-order valence-electron chi connectivity index (χ0n) is 17.1. The van der Waals surface area contributed by atoms with Crippen molar-refractivity contribution >= 4 is 27.6 Å². The Morgan fingerprint density at radius 1 is 1.09 bits per heavy atom. The van der Waals surface area contributed by atoms with E-state index in [1.807, 2.05) is 24.3 Å². The predicted octanol–water partition coefficient (Wildman–Crippen LogP) is 3.89. The summed E-state index contributed by atoms with van der Waals surface area (Å²) in [6.45, 7) is -0.169. The SMILES string of the molecule is O=C(O)COc1ccc(C(CCNS(=O)(=O)c2ccc(Cl)cc2)Cc2cccnc2)cc1. The van der Waals surface area contributed by atoms with Crippen LogP contribution in [0.5, 0.6) is 5.75 Å². The van der Waals surface area contributed by atoms with E-state index in [4.69, 9.17) is 21.4 Å². The van der Waals surface area contributed by atoms with Crippen LogP contribution < -0.4 is 9.46 Å². The number of rotatable bonds is 11. The van der Waals surface area contributed by atoms with Gasteiger partial charge < -0.3 is 9.84 Å². The minimum Gasteiger partial charge on any atom is -0.482 e. The van der Waals surface area contributed by atoms with Crippen LogP contribution in [0.15, 0.2) is 78.0 Å². The molecule has 0 radical (unpaired) electrons. The second-order valence-electron chi connectivity index (χ2n) is 7.15. The topological polar surface area (TPSA) is 106 Å². The summed E-state index contributed by atoms with van der Waals surface area (Å²) >= 11 is 5.84. The predicted molar refractivity (Wildman–Crippen MR) is 122 cm³/mol. The van der Waals surface area contributed by atoms with Gasteiger partial charge >= 0.3 is 5.97 Å². The lowest BCUT2D eigenvalue weighted by molar-refractivity contribution is -0.139. The quantitative estimate of drug-likeness (QED) is 0.436. The van der Waals surface area contributed by atoms with E-state index in [2.05, 4.69) is 9.71 Å². The van der Waals surface area contributed by atoms with Crippen LogP contribution in [0.2, 0.25) is 5.02 Å². The normalized spacial score (nSPS) is 12.3. The van der Waals surface area contributed by atoms with Gasteiger partial charge in [0.2, 0.25) is 10.0 Å². The second kappa shape index (κ2) is 11.1. The number of nitrogens with zero attached hydrogens (tertiary/aromatic N) is 1. The van der Waals surface area contributed by atoms with Crippen LogP contribution in [0, 0.1) is 0 Å². The number of aliphatic carboxylic acids is 1. The summed E-state index contributed by atoms with van der Waals surface area (Å²) in [6, 6.07) is 17.0. The molecule has 0 saturated heterocycles. The van der Waals surface area contributed by atoms with Crippen LogP contribution in [-0.4, -0.2) is 37.6 Å². The van der Waals surface area contributed by atoms with Crippen molar-refractivity contribution in [2.45, 2.75) is 23.7 Å². The van der Waals surface area contributed by atoms with Gasteiger partial charge in [0.25, 0.3) is 0 Å². The van der Waals surface area contributed by atoms with Crippen molar-refractivity contribution in [2.24, 2.45) is 0 Å². The van der Waals surface area contributed by atoms with E-state index < -0.39 is 22.6 Å². The molecule has 0 bridgehead atoms. The average molecular weight is 475 g/mol. The van der Waals surface area contributed by atoms with Crippen LogP contribution in [0.3, 0.4) is 0 Å². The Morgan fingerprint density at radius 3 is 2.44 bits per heavy atom. The van der Waals surface area contributed by atoms with Gasteiger partial charge in [0.15, 0.2) is 6.61 Å². The van der Waals surface area contributed by atoms with E-state index in [9.17, 15) is 13.2 Å². The molecule has 0 aliphatic heterocycles. The van der Waals surface area contributed by atoms with Crippen molar-refractivity contribution in [1.29, 1.82) is 0 Å². The summed E-state index contributed by atoms with van der Waals surface area (Å²) in [7, 11) is -3.65. The highest BCUT2D eigenvalue weighted by Gasteiger charge is 2.17. The molecular weight excluding hydrogens is 452 g/mol. The van der Waals surface area contributed by atoms with E-state index in [1.165, 1.54) is 24.3 Å². The van der Waals surface area contributed by atoms with Crippen LogP contribution in [0.4, 0.5) is 0 Å². The molecule has 0 aliphatic rings. The first-order valence-corrected chi connectivity index (χ1v) is 11.8. The molecule has 0 aliphatic carbocycles. The Hall–Kier alpha value is -2.94. The van der Waals surface area contributed by atoms with Gasteiger partial charge in [-0.05, 0) is 72.4 Å². The highest BCUT2D eigenvalue weighted by Crippen LogP contribution is 2.26. The standard InChI is InChI=1S/C23H23ClN2O5S/c24-20-5-9-22(10-6-20)32(29,30)26-13-11-19(14-17-2-1-12-25-15-17)18-3-7-21(8-4-18)31-16-23(27)28/h1-10,12,15,19,26H,11,13-14,16H2,(H,27,28). The van der Waals surface area contributed by atoms with Crippen molar-refractivity contribution in [3.05, 3.63) is 89.2 Å². The molecular formula is C23H23ClN2O5S. The number of sulfonamides is 1. The van der Waals surface area contributed by atoms with Gasteiger partial charge in [-0.2, -0.15) is 0 Å². The first-order valence-electron chi connectivity index (χ1n) is 9.92. The van der Waals surface area contributed by atoms with E-state index in [1.54, 1.807) is 24.5 Å². The molecule has 1 atom stereocenters. The fraction of sp³-hybridized carbons (Fsp3) is 0.217. The van der Waals surface area contributed by atoms with Crippen molar-refractivity contribution in [3.63, 3.8) is 0 Å². The maximum atomic E-state index is 12.6. The van der Waals surface area contributed by atoms with Gasteiger partial charge in [-0.25, -0.2) is 17.9 Å². The summed E-state index contributed by atoms with van der Waals surface area (Å²) < 4.78 is 33.0. The second-order valence-corrected chi connectivity index (χ2v) is 9.36. The van der Waals surface area contributed by atoms with Gasteiger partial charge in [0.1, 0.15) is 5.75 Å². The lowest BCUT2D eigenvalue weighted by atomic mass is 9.90. The van der Waals surface area contributed by atoms with E-state index >= 15 is 0 Å². The van der Waals surface area contributed by atoms with Crippen LogP contribution >= 0.6 is 11.6 Å². The monoisotopic (exact) mass is 474 g/mol. The Bertz CT molecular complexity index is 1120. The zero-order valence-corrected chi connectivity index (χ0v) is 18.7. The molecule has 1 heterocycles. The smallest absolute Gasteiger partial charge is 0.341 e. The number of carboxylic acid groups (broad SMARTS) is 1. The van der Waals surface area contributed by atoms with Crippen molar-refractivity contribution in [1.82, 2.24) is 9.71 Å². The first kappa shape index (κ1) is 23.7. The van der Waals surface area contributed by atoms with Gasteiger partial charge in [-0.3, -0.25) is 4.98 Å². The maximum Gasteiger partial charge on any atom is 0.341 e. The summed E-state index contributed by atoms with van der Waals surface area (Å²) in [5.74, 6) is -0.572. The number of ether oxygens (including phenoxy) is 1. The van der Waals surface area contributed by atoms with E-state index in [0.29, 0.717) is 23.6 Å². The number of nitrogens with one attached hydrogen (secondary N) is 1. The lowest BCUT2D eigenvalue weighted by Crippen LogP contribution is -2.26. The highest BCUT2D eigenvalue weighted by molar-refractivity contribution is 7.89. The fourth-order valence-electron chi connectivity index (χ4n) is 3.24. The number of carbonyl (C=O) groups is 1. The Morgan fingerprint density at radius 2 is 1.81 bits per heavy atom. The third-order valence-corrected chi connectivity index (χ3v) is 6.56. The molecule has 0 fully saturated rings. The highest BCUT2D eigenvalue weighted by atomic mass is 35.5. The molecule has 3 rings (SSSR count). The molecule has 0 amide bonds. The number of halogens is 1. The van der Waals surface area contributed by atoms with Crippen molar-refractivity contribution in [3.8, 4) is 5.75 Å². The molecule has 1 unspecified atom stereocenters. The summed E-state index contributed by atoms with van der Waals surface area (Å²) in [6.07, 6.45) is 4.71. The third kappa shape index (κ3) is 7.05. The van der Waals surface area contributed by atoms with Gasteiger partial charge in [0, 0.05) is 24.0 Å². The summed E-state index contributed by atoms with van der Waals surface area (Å²) in [5.41, 5.74) is 2.02. The molecule has 3 aromatic rings. The molecule has 168 valence electrons. The van der Waals surface area contributed by atoms with Crippen molar-refractivity contribution in [2.75, 3.05) is 13.2 Å². The average Bonchev–Trinajstić information content (AvgIpc) is 2.78. The van der Waals surface area contributed by atoms with Gasteiger partial charge in [-0.15, -0.1) is 0 Å². The maximum absolute atomic E-state index is 12.6. The molecule has 0 saturated carbocycles. The summed E-state index contributed by atoms with van der Waals surface area (Å²) in [5, 5.41) is 9.22. The van der Waals surface area contributed by atoms with Crippen LogP contribution in [0.25, 0.3) is 0 Å². The largest absolute Gasteiger partial charge is 0.482 e. The number of aromatic nitrogens is 1. The number of hydrogen-bond acceptors (Lipinski definition) is 5. The molecule has 9 heteroatoms. The minimum atomic E-state index is -3.65. The minimum absolute atomic E-state index is 0.0145. The third-order valence-electron chi connectivity index (χ3n) is 4.83. The van der Waals surface area contributed by atoms with E-state index in [-0.39, 0.29) is 17.4 Å².